The molecule has 1 aromatic carbocycles. The van der Waals surface area contributed by atoms with Gasteiger partial charge in [0.05, 0.1) is 16.7 Å². The van der Waals surface area contributed by atoms with Crippen molar-refractivity contribution in [2.24, 2.45) is 0 Å². The third-order valence-corrected chi connectivity index (χ3v) is 5.46. The summed E-state index contributed by atoms with van der Waals surface area (Å²) >= 11 is 1.60. The third kappa shape index (κ3) is 4.79. The normalized spacial score (nSPS) is 15.0. The maximum atomic E-state index is 12.1. The lowest BCUT2D eigenvalue weighted by molar-refractivity contribution is -0.117. The summed E-state index contributed by atoms with van der Waals surface area (Å²) in [5.41, 5.74) is 2.48. The van der Waals surface area contributed by atoms with Crippen molar-refractivity contribution in [3.05, 3.63) is 57.0 Å². The minimum atomic E-state index is -0.154. The van der Waals surface area contributed by atoms with Crippen molar-refractivity contribution in [1.29, 1.82) is 0 Å². The molecule has 6 heteroatoms. The highest BCUT2D eigenvalue weighted by molar-refractivity contribution is 7.11. The molecule has 0 unspecified atom stereocenters. The van der Waals surface area contributed by atoms with Gasteiger partial charge < -0.3 is 10.6 Å². The van der Waals surface area contributed by atoms with Crippen LogP contribution in [0.15, 0.2) is 30.3 Å². The van der Waals surface area contributed by atoms with Crippen LogP contribution in [0.25, 0.3) is 6.08 Å². The van der Waals surface area contributed by atoms with Gasteiger partial charge in [-0.2, -0.15) is 0 Å². The Balaban J connectivity index is 1.55. The smallest absolute Gasteiger partial charge is 0.251 e. The lowest BCUT2D eigenvalue weighted by Crippen LogP contribution is -2.25. The van der Waals surface area contributed by atoms with E-state index in [-0.39, 0.29) is 17.9 Å². The van der Waals surface area contributed by atoms with Crippen LogP contribution >= 0.6 is 11.3 Å². The number of carbonyl (C=O) groups excluding carboxylic acids is 2. The van der Waals surface area contributed by atoms with Crippen molar-refractivity contribution in [2.45, 2.75) is 45.7 Å². The Morgan fingerprint density at radius 2 is 1.92 bits per heavy atom. The molecule has 1 fully saturated rings. The molecule has 2 aromatic rings. The topological polar surface area (TPSA) is 71.1 Å². The predicted octanol–water partition coefficient (Wildman–Crippen LogP) is 3.54. The number of carbonyl (C=O) groups is 2. The summed E-state index contributed by atoms with van der Waals surface area (Å²) in [5, 5.41) is 6.92. The summed E-state index contributed by atoms with van der Waals surface area (Å²) in [6.07, 6.45) is 5.40. The van der Waals surface area contributed by atoms with Crippen LogP contribution in [0, 0.1) is 13.8 Å². The molecule has 2 N–H and O–H groups in total. The number of aryl methyl sites for hydroxylation is 2. The van der Waals surface area contributed by atoms with Crippen LogP contribution in [0.1, 0.15) is 57.3 Å². The van der Waals surface area contributed by atoms with Gasteiger partial charge in [0, 0.05) is 22.6 Å². The molecule has 5 nitrogen and oxygen atoms in total. The number of nitrogens with one attached hydrogen (secondary N) is 2. The first-order valence-corrected chi connectivity index (χ1v) is 9.57. The van der Waals surface area contributed by atoms with Crippen molar-refractivity contribution in [2.75, 3.05) is 0 Å². The van der Waals surface area contributed by atoms with Gasteiger partial charge in [-0.05, 0) is 57.4 Å². The van der Waals surface area contributed by atoms with Gasteiger partial charge in [0.2, 0.25) is 5.91 Å². The monoisotopic (exact) mass is 369 g/mol. The summed E-state index contributed by atoms with van der Waals surface area (Å²) < 4.78 is 0. The first-order chi connectivity index (χ1) is 12.4. The first-order valence-electron chi connectivity index (χ1n) is 8.76. The number of hydrogen-bond donors (Lipinski definition) is 2. The van der Waals surface area contributed by atoms with Crippen molar-refractivity contribution < 1.29 is 9.59 Å². The SMILES string of the molecule is Cc1nc(C)c([C@@H](C)NC(=O)/C=C/c2ccc(C(=O)NC3CC3)cc2)s1. The summed E-state index contributed by atoms with van der Waals surface area (Å²) in [7, 11) is 0. The van der Waals surface area contributed by atoms with Crippen LogP contribution in [0.3, 0.4) is 0 Å². The molecule has 0 spiro atoms. The van der Waals surface area contributed by atoms with Crippen LogP contribution in [-0.4, -0.2) is 22.8 Å². The van der Waals surface area contributed by atoms with Gasteiger partial charge in [0.25, 0.3) is 5.91 Å². The molecule has 2 amide bonds. The number of amides is 2. The molecule has 0 saturated heterocycles. The summed E-state index contributed by atoms with van der Waals surface area (Å²) in [6, 6.07) is 7.51. The second-order valence-corrected chi connectivity index (χ2v) is 7.85. The first kappa shape index (κ1) is 18.3. The Bertz CT molecular complexity index is 835. The van der Waals surface area contributed by atoms with E-state index in [0.29, 0.717) is 11.6 Å². The Hall–Kier alpha value is -2.47. The average Bonchev–Trinajstić information content (AvgIpc) is 3.35. The molecule has 0 radical (unpaired) electrons. The zero-order valence-corrected chi connectivity index (χ0v) is 16.0. The van der Waals surface area contributed by atoms with E-state index in [4.69, 9.17) is 0 Å². The quantitative estimate of drug-likeness (QED) is 0.765. The molecule has 1 saturated carbocycles. The van der Waals surface area contributed by atoms with E-state index in [1.165, 1.54) is 6.08 Å². The van der Waals surface area contributed by atoms with Crippen LogP contribution in [-0.2, 0) is 4.79 Å². The summed E-state index contributed by atoms with van der Waals surface area (Å²) in [5.74, 6) is -0.191. The second kappa shape index (κ2) is 7.83. The van der Waals surface area contributed by atoms with E-state index in [2.05, 4.69) is 15.6 Å². The molecule has 1 heterocycles. The number of nitrogens with zero attached hydrogens (tertiary/aromatic N) is 1. The van der Waals surface area contributed by atoms with Crippen molar-refractivity contribution >= 4 is 29.2 Å². The molecular formula is C20H23N3O2S. The van der Waals surface area contributed by atoms with E-state index in [1.54, 1.807) is 29.5 Å². The Morgan fingerprint density at radius 1 is 1.23 bits per heavy atom. The molecule has 3 rings (SSSR count). The molecule has 26 heavy (non-hydrogen) atoms. The predicted molar refractivity (Wildman–Crippen MR) is 104 cm³/mol. The van der Waals surface area contributed by atoms with Crippen LogP contribution in [0.4, 0.5) is 0 Å². The van der Waals surface area contributed by atoms with Crippen LogP contribution < -0.4 is 10.6 Å². The Morgan fingerprint density at radius 3 is 2.50 bits per heavy atom. The van der Waals surface area contributed by atoms with Gasteiger partial charge in [-0.1, -0.05) is 12.1 Å². The molecule has 1 aromatic heterocycles. The van der Waals surface area contributed by atoms with E-state index < -0.39 is 0 Å². The fourth-order valence-corrected chi connectivity index (χ4v) is 3.62. The van der Waals surface area contributed by atoms with Gasteiger partial charge in [-0.3, -0.25) is 9.59 Å². The van der Waals surface area contributed by atoms with Gasteiger partial charge in [-0.25, -0.2) is 4.98 Å². The minimum absolute atomic E-state index is 0.0372. The molecule has 0 aliphatic heterocycles. The van der Waals surface area contributed by atoms with Crippen LogP contribution in [0.2, 0.25) is 0 Å². The summed E-state index contributed by atoms with van der Waals surface area (Å²) in [4.78, 5) is 29.6. The zero-order chi connectivity index (χ0) is 18.7. The van der Waals surface area contributed by atoms with Crippen LogP contribution in [0.5, 0.6) is 0 Å². The maximum Gasteiger partial charge on any atom is 0.251 e. The summed E-state index contributed by atoms with van der Waals surface area (Å²) in [6.45, 7) is 5.88. The number of rotatable bonds is 6. The number of benzene rings is 1. The van der Waals surface area contributed by atoms with Gasteiger partial charge in [0.1, 0.15) is 0 Å². The van der Waals surface area contributed by atoms with E-state index in [9.17, 15) is 9.59 Å². The van der Waals surface area contributed by atoms with E-state index in [1.807, 2.05) is 32.9 Å². The molecule has 1 aliphatic carbocycles. The lowest BCUT2D eigenvalue weighted by atomic mass is 10.1. The van der Waals surface area contributed by atoms with E-state index in [0.717, 1.165) is 34.0 Å². The standard InChI is InChI=1S/C20H23N3O2S/c1-12-19(26-14(3)21-12)13(2)22-18(24)11-6-15-4-7-16(8-5-15)20(25)23-17-9-10-17/h4-8,11,13,17H,9-10H2,1-3H3,(H,22,24)(H,23,25)/b11-6+/t13-/m1/s1. The largest absolute Gasteiger partial charge is 0.349 e. The highest BCUT2D eigenvalue weighted by Gasteiger charge is 2.23. The highest BCUT2D eigenvalue weighted by atomic mass is 32.1. The molecule has 1 atom stereocenters. The fourth-order valence-electron chi connectivity index (χ4n) is 2.69. The fraction of sp³-hybridized carbons (Fsp3) is 0.350. The van der Waals surface area contributed by atoms with Gasteiger partial charge >= 0.3 is 0 Å². The number of hydrogen-bond acceptors (Lipinski definition) is 4. The van der Waals surface area contributed by atoms with Crippen molar-refractivity contribution in [3.8, 4) is 0 Å². The zero-order valence-electron chi connectivity index (χ0n) is 15.2. The molecule has 136 valence electrons. The lowest BCUT2D eigenvalue weighted by Gasteiger charge is -2.11. The second-order valence-electron chi connectivity index (χ2n) is 6.62. The molecule has 0 bridgehead atoms. The molecular weight excluding hydrogens is 346 g/mol. The average molecular weight is 369 g/mol. The maximum absolute atomic E-state index is 12.1. The Kier molecular flexibility index (Phi) is 5.52. The third-order valence-electron chi connectivity index (χ3n) is 4.20. The Labute approximate surface area is 157 Å². The molecule has 1 aliphatic rings. The number of aromatic nitrogens is 1. The van der Waals surface area contributed by atoms with Gasteiger partial charge in [0.15, 0.2) is 0 Å². The van der Waals surface area contributed by atoms with E-state index >= 15 is 0 Å². The number of thiazole rings is 1. The van der Waals surface area contributed by atoms with Crippen molar-refractivity contribution in [3.63, 3.8) is 0 Å². The van der Waals surface area contributed by atoms with Gasteiger partial charge in [-0.15, -0.1) is 11.3 Å². The minimum Gasteiger partial charge on any atom is -0.349 e. The highest BCUT2D eigenvalue weighted by Crippen LogP contribution is 2.24. The van der Waals surface area contributed by atoms with Crippen molar-refractivity contribution in [1.82, 2.24) is 15.6 Å².